The van der Waals surface area contributed by atoms with Crippen molar-refractivity contribution in [3.63, 3.8) is 0 Å². The van der Waals surface area contributed by atoms with Gasteiger partial charge in [-0.25, -0.2) is 13.6 Å². The Balaban J connectivity index is 2.47. The maximum Gasteiger partial charge on any atom is 0.407 e. The maximum absolute atomic E-state index is 13.0. The Morgan fingerprint density at radius 3 is 2.59 bits per heavy atom. The summed E-state index contributed by atoms with van der Waals surface area (Å²) in [6, 6.07) is -0.170. The average molecular weight is 250 g/mol. The van der Waals surface area contributed by atoms with Crippen LogP contribution < -0.4 is 5.32 Å². The third-order valence-corrected chi connectivity index (χ3v) is 3.00. The van der Waals surface area contributed by atoms with Gasteiger partial charge >= 0.3 is 6.09 Å². The molecule has 0 bridgehead atoms. The first-order valence-corrected chi connectivity index (χ1v) is 5.79. The molecule has 1 saturated heterocycles. The minimum Gasteiger partial charge on any atom is -0.453 e. The molecule has 0 spiro atoms. The van der Waals surface area contributed by atoms with Gasteiger partial charge in [-0.15, -0.1) is 0 Å². The van der Waals surface area contributed by atoms with Crippen molar-refractivity contribution in [1.82, 2.24) is 10.2 Å². The Labute approximate surface area is 100 Å². The van der Waals surface area contributed by atoms with E-state index in [0.717, 1.165) is 0 Å². The predicted octanol–water partition coefficient (Wildman–Crippen LogP) is 1.71. The zero-order chi connectivity index (χ0) is 13.1. The van der Waals surface area contributed by atoms with Gasteiger partial charge in [-0.3, -0.25) is 4.90 Å². The Kier molecular flexibility index (Phi) is 4.68. The summed E-state index contributed by atoms with van der Waals surface area (Å²) >= 11 is 0. The van der Waals surface area contributed by atoms with Crippen molar-refractivity contribution in [2.75, 3.05) is 26.7 Å². The van der Waals surface area contributed by atoms with E-state index in [1.165, 1.54) is 7.11 Å². The second-order valence-corrected chi connectivity index (χ2v) is 4.83. The molecule has 100 valence electrons. The van der Waals surface area contributed by atoms with Crippen LogP contribution in [0.15, 0.2) is 0 Å². The van der Waals surface area contributed by atoms with Gasteiger partial charge in [0.05, 0.1) is 13.7 Å². The highest BCUT2D eigenvalue weighted by Crippen LogP contribution is 2.27. The van der Waals surface area contributed by atoms with Gasteiger partial charge in [-0.05, 0) is 5.92 Å². The average Bonchev–Trinajstić information content (AvgIpc) is 2.56. The number of hydrogen-bond donors (Lipinski definition) is 1. The van der Waals surface area contributed by atoms with Crippen LogP contribution in [0.4, 0.5) is 13.6 Å². The van der Waals surface area contributed by atoms with Crippen LogP contribution >= 0.6 is 0 Å². The van der Waals surface area contributed by atoms with Gasteiger partial charge in [-0.2, -0.15) is 0 Å². The summed E-state index contributed by atoms with van der Waals surface area (Å²) in [5, 5.41) is 2.67. The summed E-state index contributed by atoms with van der Waals surface area (Å²) in [5.74, 6) is -2.42. The molecule has 0 saturated carbocycles. The summed E-state index contributed by atoms with van der Waals surface area (Å²) in [5.41, 5.74) is 0. The number of carbonyl (C=O) groups is 1. The van der Waals surface area contributed by atoms with E-state index in [2.05, 4.69) is 10.1 Å². The van der Waals surface area contributed by atoms with Crippen LogP contribution in [0.3, 0.4) is 0 Å². The lowest BCUT2D eigenvalue weighted by Crippen LogP contribution is -2.46. The fraction of sp³-hybridized carbons (Fsp3) is 0.909. The van der Waals surface area contributed by atoms with Crippen molar-refractivity contribution >= 4 is 6.09 Å². The monoisotopic (exact) mass is 250 g/mol. The summed E-state index contributed by atoms with van der Waals surface area (Å²) in [7, 11) is 1.29. The van der Waals surface area contributed by atoms with Crippen LogP contribution in [-0.4, -0.2) is 49.7 Å². The minimum atomic E-state index is -2.59. The zero-order valence-corrected chi connectivity index (χ0v) is 10.5. The molecule has 0 aromatic carbocycles. The van der Waals surface area contributed by atoms with Crippen LogP contribution in [0.2, 0.25) is 0 Å². The van der Waals surface area contributed by atoms with Crippen molar-refractivity contribution in [3.8, 4) is 0 Å². The molecule has 1 heterocycles. The lowest BCUT2D eigenvalue weighted by Gasteiger charge is -2.26. The molecule has 1 rings (SSSR count). The minimum absolute atomic E-state index is 0.101. The Bertz CT molecular complexity index is 272. The Morgan fingerprint density at radius 1 is 1.53 bits per heavy atom. The maximum atomic E-state index is 13.0. The SMILES string of the molecule is COC(=O)NC(CN1CCC(F)(F)C1)C(C)C. The molecule has 0 radical (unpaired) electrons. The van der Waals surface area contributed by atoms with E-state index in [9.17, 15) is 13.6 Å². The second kappa shape index (κ2) is 5.62. The molecule has 0 aromatic heterocycles. The van der Waals surface area contributed by atoms with E-state index in [4.69, 9.17) is 0 Å². The fourth-order valence-corrected chi connectivity index (χ4v) is 1.87. The molecular formula is C11H20F2N2O2. The number of carbonyl (C=O) groups excluding carboxylic acids is 1. The van der Waals surface area contributed by atoms with Crippen LogP contribution in [0.5, 0.6) is 0 Å². The first-order chi connectivity index (χ1) is 7.84. The number of alkyl halides is 2. The molecule has 1 amide bonds. The van der Waals surface area contributed by atoms with E-state index in [1.54, 1.807) is 4.90 Å². The van der Waals surface area contributed by atoms with Crippen LogP contribution in [0.25, 0.3) is 0 Å². The lowest BCUT2D eigenvalue weighted by atomic mass is 10.0. The van der Waals surface area contributed by atoms with Crippen molar-refractivity contribution in [3.05, 3.63) is 0 Å². The van der Waals surface area contributed by atoms with Crippen molar-refractivity contribution in [2.45, 2.75) is 32.2 Å². The number of nitrogens with zero attached hydrogens (tertiary/aromatic N) is 1. The smallest absolute Gasteiger partial charge is 0.407 e. The molecule has 1 aliphatic rings. The number of hydrogen-bond acceptors (Lipinski definition) is 3. The number of amides is 1. The van der Waals surface area contributed by atoms with Gasteiger partial charge in [0.1, 0.15) is 0 Å². The van der Waals surface area contributed by atoms with Gasteiger partial charge in [0.25, 0.3) is 5.92 Å². The number of likely N-dealkylation sites (tertiary alicyclic amines) is 1. The molecule has 1 atom stereocenters. The first-order valence-electron chi connectivity index (χ1n) is 5.79. The Hall–Kier alpha value is -0.910. The molecule has 0 aromatic rings. The van der Waals surface area contributed by atoms with E-state index >= 15 is 0 Å². The van der Waals surface area contributed by atoms with Gasteiger partial charge in [0.2, 0.25) is 0 Å². The number of alkyl carbamates (subject to hydrolysis) is 1. The number of rotatable bonds is 4. The summed E-state index contributed by atoms with van der Waals surface area (Å²) in [6.45, 7) is 4.46. The van der Waals surface area contributed by atoms with E-state index < -0.39 is 12.0 Å². The van der Waals surface area contributed by atoms with Gasteiger partial charge in [-0.1, -0.05) is 13.8 Å². The molecular weight excluding hydrogens is 230 g/mol. The van der Waals surface area contributed by atoms with Gasteiger partial charge < -0.3 is 10.1 Å². The zero-order valence-electron chi connectivity index (χ0n) is 10.5. The number of methoxy groups -OCH3 is 1. The standard InChI is InChI=1S/C11H20F2N2O2/c1-8(2)9(14-10(16)17-3)6-15-5-4-11(12,13)7-15/h8-9H,4-7H2,1-3H3,(H,14,16). The summed E-state index contributed by atoms with van der Waals surface area (Å²) in [4.78, 5) is 12.8. The third-order valence-electron chi connectivity index (χ3n) is 3.00. The first kappa shape index (κ1) is 14.2. The highest BCUT2D eigenvalue weighted by Gasteiger charge is 2.39. The number of halogens is 2. The molecule has 1 unspecified atom stereocenters. The van der Waals surface area contributed by atoms with Crippen molar-refractivity contribution in [1.29, 1.82) is 0 Å². The highest BCUT2D eigenvalue weighted by atomic mass is 19.3. The van der Waals surface area contributed by atoms with E-state index in [-0.39, 0.29) is 24.9 Å². The molecule has 0 aliphatic carbocycles. The van der Waals surface area contributed by atoms with Crippen molar-refractivity contribution < 1.29 is 18.3 Å². The molecule has 1 N–H and O–H groups in total. The quantitative estimate of drug-likeness (QED) is 0.826. The predicted molar refractivity (Wildman–Crippen MR) is 60.2 cm³/mol. The van der Waals surface area contributed by atoms with Gasteiger partial charge in [0, 0.05) is 25.6 Å². The van der Waals surface area contributed by atoms with E-state index in [0.29, 0.717) is 13.1 Å². The second-order valence-electron chi connectivity index (χ2n) is 4.83. The van der Waals surface area contributed by atoms with Crippen LogP contribution in [0, 0.1) is 5.92 Å². The third kappa shape index (κ3) is 4.46. The topological polar surface area (TPSA) is 41.6 Å². The van der Waals surface area contributed by atoms with Crippen LogP contribution in [-0.2, 0) is 4.74 Å². The molecule has 1 aliphatic heterocycles. The molecule has 4 nitrogen and oxygen atoms in total. The fourth-order valence-electron chi connectivity index (χ4n) is 1.87. The highest BCUT2D eigenvalue weighted by molar-refractivity contribution is 5.67. The summed E-state index contributed by atoms with van der Waals surface area (Å²) in [6.07, 6.45) is -0.620. The molecule has 6 heteroatoms. The van der Waals surface area contributed by atoms with Crippen LogP contribution in [0.1, 0.15) is 20.3 Å². The molecule has 17 heavy (non-hydrogen) atoms. The van der Waals surface area contributed by atoms with E-state index in [1.807, 2.05) is 13.8 Å². The number of ether oxygens (including phenoxy) is 1. The normalized spacial score (nSPS) is 21.5. The number of nitrogens with one attached hydrogen (secondary N) is 1. The lowest BCUT2D eigenvalue weighted by molar-refractivity contribution is 0.0110. The van der Waals surface area contributed by atoms with Crippen molar-refractivity contribution in [2.24, 2.45) is 5.92 Å². The summed E-state index contributed by atoms with van der Waals surface area (Å²) < 4.78 is 30.6. The molecule has 1 fully saturated rings. The largest absolute Gasteiger partial charge is 0.453 e. The Morgan fingerprint density at radius 2 is 2.18 bits per heavy atom. The van der Waals surface area contributed by atoms with Gasteiger partial charge in [0.15, 0.2) is 0 Å².